The van der Waals surface area contributed by atoms with Crippen LogP contribution in [0.25, 0.3) is 0 Å². The van der Waals surface area contributed by atoms with Gasteiger partial charge in [0.05, 0.1) is 19.8 Å². The van der Waals surface area contributed by atoms with Crippen LogP contribution in [0.5, 0.6) is 0 Å². The van der Waals surface area contributed by atoms with Crippen LogP contribution in [-0.2, 0) is 23.4 Å². The topological polar surface area (TPSA) is 54.0 Å². The molecule has 0 aromatic heterocycles. The summed E-state index contributed by atoms with van der Waals surface area (Å²) in [7, 11) is 0.368. The summed E-state index contributed by atoms with van der Waals surface area (Å²) in [6.45, 7) is 10.7. The average molecular weight is 359 g/mol. The molecule has 0 unspecified atom stereocenters. The fourth-order valence-corrected chi connectivity index (χ4v) is 2.44. The van der Waals surface area contributed by atoms with Crippen molar-refractivity contribution in [2.45, 2.75) is 78.2 Å². The first-order valence-corrected chi connectivity index (χ1v) is 10.2. The van der Waals surface area contributed by atoms with Gasteiger partial charge in [-0.05, 0) is 32.2 Å². The number of carbonyl (C=O) groups is 1. The van der Waals surface area contributed by atoms with E-state index in [9.17, 15) is 4.79 Å². The van der Waals surface area contributed by atoms with E-state index >= 15 is 0 Å². The Kier molecular flexibility index (Phi) is 16.6. The number of hydrogen-bond donors (Lipinski definition) is 0. The molecule has 0 rings (SSSR count). The van der Waals surface area contributed by atoms with E-state index in [-0.39, 0.29) is 5.97 Å². The van der Waals surface area contributed by atoms with E-state index in [0.29, 0.717) is 35.2 Å². The van der Waals surface area contributed by atoms with E-state index in [4.69, 9.17) is 18.6 Å². The van der Waals surface area contributed by atoms with Gasteiger partial charge in [-0.15, -0.1) is 0 Å². The van der Waals surface area contributed by atoms with Gasteiger partial charge < -0.3 is 18.6 Å². The number of unbranched alkanes of at least 4 members (excludes halogenated alkanes) is 4. The Bertz CT molecular complexity index is 313. The van der Waals surface area contributed by atoms with E-state index in [1.165, 1.54) is 0 Å². The average Bonchev–Trinajstić information content (AvgIpc) is 2.56. The molecule has 6 heteroatoms. The Labute approximate surface area is 150 Å². The van der Waals surface area contributed by atoms with Crippen molar-refractivity contribution in [2.75, 3.05) is 19.8 Å². The molecule has 24 heavy (non-hydrogen) atoms. The van der Waals surface area contributed by atoms with Crippen molar-refractivity contribution >= 4 is 15.7 Å². The van der Waals surface area contributed by atoms with Crippen LogP contribution in [0.1, 0.15) is 65.7 Å². The minimum Gasteiger partial charge on any atom is -0.462 e. The van der Waals surface area contributed by atoms with Crippen molar-refractivity contribution in [3.8, 4) is 0 Å². The molecule has 0 aliphatic heterocycles. The third kappa shape index (κ3) is 14.9. The molecule has 0 fully saturated rings. The van der Waals surface area contributed by atoms with Gasteiger partial charge in [-0.25, -0.2) is 4.79 Å². The molecular formula is C18H34O5Si. The van der Waals surface area contributed by atoms with Crippen molar-refractivity contribution in [3.05, 3.63) is 12.2 Å². The monoisotopic (exact) mass is 358 g/mol. The van der Waals surface area contributed by atoms with Gasteiger partial charge in [0.15, 0.2) is 0 Å². The predicted octanol–water partition coefficient (Wildman–Crippen LogP) is 4.25. The van der Waals surface area contributed by atoms with Crippen LogP contribution in [-0.4, -0.2) is 42.0 Å². The third-order valence-corrected chi connectivity index (χ3v) is 4.10. The normalized spacial score (nSPS) is 11.0. The minimum absolute atomic E-state index is 0.309. The maximum absolute atomic E-state index is 11.2. The predicted molar refractivity (Wildman–Crippen MR) is 96.8 cm³/mol. The molecule has 2 radical (unpaired) electrons. The molecule has 0 saturated carbocycles. The second-order valence-corrected chi connectivity index (χ2v) is 6.75. The highest BCUT2D eigenvalue weighted by atomic mass is 28.2. The summed E-state index contributed by atoms with van der Waals surface area (Å²) in [6.07, 6.45) is 7.15. The van der Waals surface area contributed by atoms with Crippen molar-refractivity contribution in [1.29, 1.82) is 0 Å². The summed E-state index contributed by atoms with van der Waals surface area (Å²) in [5.74, 6) is -0.309. The first kappa shape index (κ1) is 23.3. The van der Waals surface area contributed by atoms with E-state index in [0.717, 1.165) is 51.0 Å². The first-order chi connectivity index (χ1) is 11.6. The lowest BCUT2D eigenvalue weighted by atomic mass is 10.3. The van der Waals surface area contributed by atoms with Gasteiger partial charge in [-0.1, -0.05) is 46.1 Å². The molecular weight excluding hydrogens is 324 g/mol. The summed E-state index contributed by atoms with van der Waals surface area (Å²) in [4.78, 5) is 11.2. The van der Waals surface area contributed by atoms with Crippen molar-refractivity contribution in [3.63, 3.8) is 0 Å². The van der Waals surface area contributed by atoms with E-state index < -0.39 is 6.48 Å². The summed E-state index contributed by atoms with van der Waals surface area (Å²) < 4.78 is 22.0. The van der Waals surface area contributed by atoms with Gasteiger partial charge in [-0.2, -0.15) is 0 Å². The number of esters is 1. The van der Waals surface area contributed by atoms with E-state index in [2.05, 4.69) is 20.4 Å². The van der Waals surface area contributed by atoms with Crippen LogP contribution in [0.15, 0.2) is 12.2 Å². The zero-order valence-corrected chi connectivity index (χ0v) is 16.6. The number of rotatable bonds is 17. The lowest BCUT2D eigenvalue weighted by Crippen LogP contribution is -2.24. The smallest absolute Gasteiger partial charge is 0.333 e. The van der Waals surface area contributed by atoms with Gasteiger partial charge in [0.1, 0.15) is 0 Å². The molecule has 0 aromatic rings. The summed E-state index contributed by atoms with van der Waals surface area (Å²) >= 11 is 0. The SMILES string of the molecule is C=C(C)C(=O)OCCCCC[Si]OC(OCCCC)OCCCC. The van der Waals surface area contributed by atoms with E-state index in [1.54, 1.807) is 6.92 Å². The molecule has 0 aliphatic carbocycles. The molecule has 5 nitrogen and oxygen atoms in total. The van der Waals surface area contributed by atoms with Gasteiger partial charge >= 0.3 is 5.97 Å². The molecule has 0 aromatic carbocycles. The highest BCUT2D eigenvalue weighted by Crippen LogP contribution is 2.06. The zero-order chi connectivity index (χ0) is 18.0. The lowest BCUT2D eigenvalue weighted by molar-refractivity contribution is -0.248. The standard InChI is InChI=1S/C18H34O5Si/c1-5-7-12-21-18(22-13-8-6-2)23-24-15-11-9-10-14-20-17(19)16(3)4/h18H,3,5-15H2,1-2,4H3. The first-order valence-electron chi connectivity index (χ1n) is 9.06. The molecule has 0 N–H and O–H groups in total. The Morgan fingerprint density at radius 2 is 1.58 bits per heavy atom. The summed E-state index contributed by atoms with van der Waals surface area (Å²) in [5.41, 5.74) is 0.446. The Hall–Kier alpha value is -0.693. The van der Waals surface area contributed by atoms with Crippen LogP contribution in [0.3, 0.4) is 0 Å². The highest BCUT2D eigenvalue weighted by Gasteiger charge is 2.10. The molecule has 0 aliphatic rings. The van der Waals surface area contributed by atoms with Crippen LogP contribution in [0.2, 0.25) is 6.04 Å². The Balaban J connectivity index is 3.62. The molecule has 0 bridgehead atoms. The minimum atomic E-state index is -0.530. The molecule has 0 heterocycles. The van der Waals surface area contributed by atoms with E-state index in [1.807, 2.05) is 0 Å². The van der Waals surface area contributed by atoms with Crippen LogP contribution < -0.4 is 0 Å². The molecule has 140 valence electrons. The summed E-state index contributed by atoms with van der Waals surface area (Å²) in [5, 5.41) is 0. The lowest BCUT2D eigenvalue weighted by Gasteiger charge is -2.18. The zero-order valence-electron chi connectivity index (χ0n) is 15.6. The second kappa shape index (κ2) is 17.1. The van der Waals surface area contributed by atoms with Crippen molar-refractivity contribution < 1.29 is 23.4 Å². The maximum atomic E-state index is 11.2. The Morgan fingerprint density at radius 3 is 2.12 bits per heavy atom. The van der Waals surface area contributed by atoms with Crippen LogP contribution in [0, 0.1) is 0 Å². The fourth-order valence-electron chi connectivity index (χ4n) is 1.65. The number of ether oxygens (including phenoxy) is 3. The largest absolute Gasteiger partial charge is 0.462 e. The highest BCUT2D eigenvalue weighted by molar-refractivity contribution is 6.27. The molecule has 0 amide bonds. The van der Waals surface area contributed by atoms with Crippen molar-refractivity contribution in [2.24, 2.45) is 0 Å². The molecule has 0 saturated heterocycles. The second-order valence-electron chi connectivity index (χ2n) is 5.73. The quantitative estimate of drug-likeness (QED) is 0.128. The molecule has 0 spiro atoms. The fraction of sp³-hybridized carbons (Fsp3) is 0.833. The number of hydrogen-bond acceptors (Lipinski definition) is 5. The number of carbonyl (C=O) groups excluding carboxylic acids is 1. The van der Waals surface area contributed by atoms with Crippen molar-refractivity contribution in [1.82, 2.24) is 0 Å². The maximum Gasteiger partial charge on any atom is 0.333 e. The van der Waals surface area contributed by atoms with Gasteiger partial charge in [0.2, 0.25) is 9.76 Å². The van der Waals surface area contributed by atoms with Crippen LogP contribution in [0.4, 0.5) is 0 Å². The van der Waals surface area contributed by atoms with Gasteiger partial charge in [0.25, 0.3) is 6.48 Å². The van der Waals surface area contributed by atoms with Gasteiger partial charge in [-0.3, -0.25) is 0 Å². The third-order valence-electron chi connectivity index (χ3n) is 3.19. The summed E-state index contributed by atoms with van der Waals surface area (Å²) in [6, 6.07) is 0.971. The van der Waals surface area contributed by atoms with Crippen LogP contribution >= 0.6 is 0 Å². The van der Waals surface area contributed by atoms with Gasteiger partial charge in [0, 0.05) is 5.57 Å². The Morgan fingerprint density at radius 1 is 0.958 bits per heavy atom. The molecule has 0 atom stereocenters.